The lowest BCUT2D eigenvalue weighted by atomic mass is 10.1. The van der Waals surface area contributed by atoms with Gasteiger partial charge in [0.25, 0.3) is 0 Å². The van der Waals surface area contributed by atoms with E-state index in [0.29, 0.717) is 26.3 Å². The molecule has 0 aliphatic carbocycles. The molecule has 2 heterocycles. The number of H-pyrrole nitrogens is 1. The quantitative estimate of drug-likeness (QED) is 0.899. The maximum absolute atomic E-state index is 11.4. The van der Waals surface area contributed by atoms with Gasteiger partial charge in [0.05, 0.1) is 18.9 Å². The summed E-state index contributed by atoms with van der Waals surface area (Å²) in [6, 6.07) is 9.82. The first-order valence-electron chi connectivity index (χ1n) is 6.60. The molecule has 104 valence electrons. The number of ether oxygens (including phenoxy) is 1. The number of rotatable bonds is 3. The standard InChI is InChI=1S/C15H16N2O3/c18-15(19)13-14(17-6-8-20-9-7-17)12(10-16-13)11-4-2-1-3-5-11/h1-5,10,16H,6-9H2,(H,18,19). The number of hydrogen-bond acceptors (Lipinski definition) is 3. The molecular weight excluding hydrogens is 256 g/mol. The largest absolute Gasteiger partial charge is 0.477 e. The van der Waals surface area contributed by atoms with Gasteiger partial charge in [-0.25, -0.2) is 4.79 Å². The minimum atomic E-state index is -0.936. The average molecular weight is 272 g/mol. The Kier molecular flexibility index (Phi) is 3.43. The van der Waals surface area contributed by atoms with Crippen molar-refractivity contribution in [1.29, 1.82) is 0 Å². The topological polar surface area (TPSA) is 65.6 Å². The molecule has 3 rings (SSSR count). The Bertz CT molecular complexity index is 601. The summed E-state index contributed by atoms with van der Waals surface area (Å²) in [5.74, 6) is -0.936. The summed E-state index contributed by atoms with van der Waals surface area (Å²) in [5, 5.41) is 9.37. The third-order valence-corrected chi connectivity index (χ3v) is 3.48. The van der Waals surface area contributed by atoms with Crippen LogP contribution in [0.4, 0.5) is 5.69 Å². The molecule has 0 spiro atoms. The number of nitrogens with zero attached hydrogens (tertiary/aromatic N) is 1. The number of hydrogen-bond donors (Lipinski definition) is 2. The molecule has 2 N–H and O–H groups in total. The molecule has 1 aliphatic rings. The zero-order valence-electron chi connectivity index (χ0n) is 11.0. The molecule has 1 aromatic heterocycles. The zero-order valence-corrected chi connectivity index (χ0v) is 11.0. The van der Waals surface area contributed by atoms with Crippen molar-refractivity contribution in [3.63, 3.8) is 0 Å². The number of carbonyl (C=O) groups is 1. The van der Waals surface area contributed by atoms with E-state index in [1.165, 1.54) is 0 Å². The highest BCUT2D eigenvalue weighted by Crippen LogP contribution is 2.34. The molecule has 0 amide bonds. The second kappa shape index (κ2) is 5.38. The SMILES string of the molecule is O=C(O)c1[nH]cc(-c2ccccc2)c1N1CCOCC1. The number of morpholine rings is 1. The van der Waals surface area contributed by atoms with Gasteiger partial charge in [0, 0.05) is 24.8 Å². The number of carboxylic acids is 1. The number of anilines is 1. The van der Waals surface area contributed by atoms with Crippen LogP contribution in [0.15, 0.2) is 36.5 Å². The molecule has 0 bridgehead atoms. The van der Waals surface area contributed by atoms with Gasteiger partial charge in [-0.15, -0.1) is 0 Å². The number of nitrogens with one attached hydrogen (secondary N) is 1. The number of aromatic nitrogens is 1. The third kappa shape index (κ3) is 2.28. The minimum Gasteiger partial charge on any atom is -0.477 e. The van der Waals surface area contributed by atoms with Crippen molar-refractivity contribution in [1.82, 2.24) is 4.98 Å². The van der Waals surface area contributed by atoms with E-state index >= 15 is 0 Å². The van der Waals surface area contributed by atoms with E-state index < -0.39 is 5.97 Å². The molecule has 5 nitrogen and oxygen atoms in total. The van der Waals surface area contributed by atoms with Crippen LogP contribution in [0, 0.1) is 0 Å². The van der Waals surface area contributed by atoms with Gasteiger partial charge in [-0.05, 0) is 5.56 Å². The van der Waals surface area contributed by atoms with Crippen LogP contribution < -0.4 is 4.90 Å². The number of carboxylic acid groups (broad SMARTS) is 1. The first kappa shape index (κ1) is 12.7. The van der Waals surface area contributed by atoms with Crippen molar-refractivity contribution >= 4 is 11.7 Å². The van der Waals surface area contributed by atoms with Crippen LogP contribution in [-0.2, 0) is 4.74 Å². The molecule has 1 aliphatic heterocycles. The fourth-order valence-electron chi connectivity index (χ4n) is 2.53. The molecule has 1 fully saturated rings. The van der Waals surface area contributed by atoms with Crippen LogP contribution >= 0.6 is 0 Å². The fourth-order valence-corrected chi connectivity index (χ4v) is 2.53. The number of aromatic amines is 1. The van der Waals surface area contributed by atoms with E-state index in [4.69, 9.17) is 4.74 Å². The molecule has 1 saturated heterocycles. The van der Waals surface area contributed by atoms with Crippen LogP contribution in [-0.4, -0.2) is 42.4 Å². The lowest BCUT2D eigenvalue weighted by Gasteiger charge is -2.29. The van der Waals surface area contributed by atoms with Crippen molar-refractivity contribution in [2.45, 2.75) is 0 Å². The second-order valence-electron chi connectivity index (χ2n) is 4.70. The fraction of sp³-hybridized carbons (Fsp3) is 0.267. The van der Waals surface area contributed by atoms with Crippen LogP contribution in [0.1, 0.15) is 10.5 Å². The van der Waals surface area contributed by atoms with Crippen molar-refractivity contribution in [2.24, 2.45) is 0 Å². The molecule has 0 unspecified atom stereocenters. The van der Waals surface area contributed by atoms with Gasteiger partial charge in [0.2, 0.25) is 0 Å². The highest BCUT2D eigenvalue weighted by atomic mass is 16.5. The highest BCUT2D eigenvalue weighted by Gasteiger charge is 2.24. The van der Waals surface area contributed by atoms with Crippen LogP contribution in [0.3, 0.4) is 0 Å². The normalized spacial score (nSPS) is 15.3. The van der Waals surface area contributed by atoms with Gasteiger partial charge in [-0.3, -0.25) is 0 Å². The molecule has 1 aromatic carbocycles. The lowest BCUT2D eigenvalue weighted by molar-refractivity contribution is 0.0690. The van der Waals surface area contributed by atoms with Gasteiger partial charge in [0.1, 0.15) is 5.69 Å². The summed E-state index contributed by atoms with van der Waals surface area (Å²) >= 11 is 0. The van der Waals surface area contributed by atoms with Crippen molar-refractivity contribution < 1.29 is 14.6 Å². The Hall–Kier alpha value is -2.27. The maximum atomic E-state index is 11.4. The smallest absolute Gasteiger partial charge is 0.354 e. The Morgan fingerprint density at radius 1 is 1.20 bits per heavy atom. The molecule has 5 heteroatoms. The van der Waals surface area contributed by atoms with E-state index in [1.807, 2.05) is 30.3 Å². The van der Waals surface area contributed by atoms with Gasteiger partial charge in [-0.1, -0.05) is 30.3 Å². The van der Waals surface area contributed by atoms with Crippen LogP contribution in [0.2, 0.25) is 0 Å². The first-order valence-corrected chi connectivity index (χ1v) is 6.60. The van der Waals surface area contributed by atoms with Crippen LogP contribution in [0.25, 0.3) is 11.1 Å². The molecule has 0 radical (unpaired) electrons. The Morgan fingerprint density at radius 2 is 1.90 bits per heavy atom. The summed E-state index contributed by atoms with van der Waals surface area (Å²) in [7, 11) is 0. The highest BCUT2D eigenvalue weighted by molar-refractivity contribution is 5.98. The lowest BCUT2D eigenvalue weighted by Crippen LogP contribution is -2.37. The molecule has 20 heavy (non-hydrogen) atoms. The van der Waals surface area contributed by atoms with Crippen LogP contribution in [0.5, 0.6) is 0 Å². The van der Waals surface area contributed by atoms with E-state index in [2.05, 4.69) is 9.88 Å². The Morgan fingerprint density at radius 3 is 2.55 bits per heavy atom. The molecule has 0 saturated carbocycles. The van der Waals surface area contributed by atoms with E-state index in [9.17, 15) is 9.90 Å². The first-order chi connectivity index (χ1) is 9.77. The predicted molar refractivity (Wildman–Crippen MR) is 76.2 cm³/mol. The Balaban J connectivity index is 2.08. The average Bonchev–Trinajstić information content (AvgIpc) is 2.94. The summed E-state index contributed by atoms with van der Waals surface area (Å²) in [4.78, 5) is 16.4. The zero-order chi connectivity index (χ0) is 13.9. The number of aromatic carboxylic acids is 1. The van der Waals surface area contributed by atoms with Crippen molar-refractivity contribution in [3.05, 3.63) is 42.2 Å². The number of benzene rings is 1. The maximum Gasteiger partial charge on any atom is 0.354 e. The van der Waals surface area contributed by atoms with E-state index in [1.54, 1.807) is 6.20 Å². The molecule has 2 aromatic rings. The molecular formula is C15H16N2O3. The van der Waals surface area contributed by atoms with Gasteiger partial charge < -0.3 is 19.7 Å². The second-order valence-corrected chi connectivity index (χ2v) is 4.70. The summed E-state index contributed by atoms with van der Waals surface area (Å²) < 4.78 is 5.34. The predicted octanol–water partition coefficient (Wildman–Crippen LogP) is 2.22. The monoisotopic (exact) mass is 272 g/mol. The van der Waals surface area contributed by atoms with E-state index in [0.717, 1.165) is 16.8 Å². The molecule has 0 atom stereocenters. The third-order valence-electron chi connectivity index (χ3n) is 3.48. The van der Waals surface area contributed by atoms with Gasteiger partial charge in [0.15, 0.2) is 0 Å². The van der Waals surface area contributed by atoms with Crippen molar-refractivity contribution in [3.8, 4) is 11.1 Å². The summed E-state index contributed by atoms with van der Waals surface area (Å²) in [6.07, 6.45) is 1.77. The minimum absolute atomic E-state index is 0.241. The van der Waals surface area contributed by atoms with Crippen molar-refractivity contribution in [2.75, 3.05) is 31.2 Å². The summed E-state index contributed by atoms with van der Waals surface area (Å²) in [5.41, 5.74) is 2.93. The van der Waals surface area contributed by atoms with Gasteiger partial charge >= 0.3 is 5.97 Å². The van der Waals surface area contributed by atoms with E-state index in [-0.39, 0.29) is 5.69 Å². The Labute approximate surface area is 116 Å². The van der Waals surface area contributed by atoms with Gasteiger partial charge in [-0.2, -0.15) is 0 Å². The summed E-state index contributed by atoms with van der Waals surface area (Å²) in [6.45, 7) is 2.66.